The zero-order chi connectivity index (χ0) is 16.2. The summed E-state index contributed by atoms with van der Waals surface area (Å²) in [6, 6.07) is 11.4. The van der Waals surface area contributed by atoms with E-state index in [9.17, 15) is 4.79 Å². The van der Waals surface area contributed by atoms with E-state index in [1.165, 1.54) is 0 Å². The van der Waals surface area contributed by atoms with Crippen molar-refractivity contribution in [1.82, 2.24) is 15.1 Å². The maximum Gasteiger partial charge on any atom is 0.253 e. The van der Waals surface area contributed by atoms with Gasteiger partial charge in [-0.2, -0.15) is 0 Å². The number of methoxy groups -OCH3 is 1. The molecule has 1 fully saturated rings. The highest BCUT2D eigenvalue weighted by Gasteiger charge is 2.23. The summed E-state index contributed by atoms with van der Waals surface area (Å²) in [5.74, 6) is 1.40. The number of rotatable bonds is 3. The Labute approximate surface area is 135 Å². The number of hydrogen-bond donors (Lipinski definition) is 0. The highest BCUT2D eigenvalue weighted by Crippen LogP contribution is 2.16. The SMILES string of the molecule is COc1ccc(N2CCN(C(=O)c3ccc(C)cc3)CC2)nn1. The minimum Gasteiger partial charge on any atom is -0.480 e. The number of hydrogen-bond acceptors (Lipinski definition) is 5. The summed E-state index contributed by atoms with van der Waals surface area (Å²) in [6.07, 6.45) is 0. The van der Waals surface area contributed by atoms with Gasteiger partial charge in [-0.3, -0.25) is 4.79 Å². The lowest BCUT2D eigenvalue weighted by Crippen LogP contribution is -2.49. The molecule has 0 bridgehead atoms. The molecule has 120 valence electrons. The van der Waals surface area contributed by atoms with Crippen LogP contribution < -0.4 is 9.64 Å². The zero-order valence-electron chi connectivity index (χ0n) is 13.4. The van der Waals surface area contributed by atoms with Gasteiger partial charge in [0.15, 0.2) is 5.82 Å². The molecule has 0 radical (unpaired) electrons. The zero-order valence-corrected chi connectivity index (χ0v) is 13.4. The van der Waals surface area contributed by atoms with Crippen molar-refractivity contribution in [3.8, 4) is 5.88 Å². The van der Waals surface area contributed by atoms with Crippen LogP contribution in [0, 0.1) is 6.92 Å². The number of aryl methyl sites for hydroxylation is 1. The van der Waals surface area contributed by atoms with E-state index in [1.807, 2.05) is 42.2 Å². The fraction of sp³-hybridized carbons (Fsp3) is 0.353. The first kappa shape index (κ1) is 15.3. The molecular formula is C17H20N4O2. The largest absolute Gasteiger partial charge is 0.480 e. The molecule has 2 heterocycles. The van der Waals surface area contributed by atoms with Gasteiger partial charge in [-0.25, -0.2) is 0 Å². The second-order valence-corrected chi connectivity index (χ2v) is 5.58. The van der Waals surface area contributed by atoms with Crippen molar-refractivity contribution in [1.29, 1.82) is 0 Å². The standard InChI is InChI=1S/C17H20N4O2/c1-13-3-5-14(6-4-13)17(22)21-11-9-20(10-12-21)15-7-8-16(23-2)19-18-15/h3-8H,9-12H2,1-2H3. The van der Waals surface area contributed by atoms with Crippen LogP contribution in [0.15, 0.2) is 36.4 Å². The molecule has 1 aromatic carbocycles. The van der Waals surface area contributed by atoms with Crippen LogP contribution in [0.1, 0.15) is 15.9 Å². The van der Waals surface area contributed by atoms with Crippen LogP contribution in [-0.4, -0.2) is 54.3 Å². The molecular weight excluding hydrogens is 292 g/mol. The highest BCUT2D eigenvalue weighted by molar-refractivity contribution is 5.94. The normalized spacial score (nSPS) is 14.7. The number of aromatic nitrogens is 2. The molecule has 0 unspecified atom stereocenters. The van der Waals surface area contributed by atoms with Gasteiger partial charge >= 0.3 is 0 Å². The van der Waals surface area contributed by atoms with E-state index in [2.05, 4.69) is 15.1 Å². The van der Waals surface area contributed by atoms with Gasteiger partial charge in [0, 0.05) is 37.8 Å². The number of carbonyl (C=O) groups is 1. The van der Waals surface area contributed by atoms with Crippen molar-refractivity contribution in [2.75, 3.05) is 38.2 Å². The Morgan fingerprint density at radius 1 is 1.00 bits per heavy atom. The monoisotopic (exact) mass is 312 g/mol. The van der Waals surface area contributed by atoms with Gasteiger partial charge < -0.3 is 14.5 Å². The number of nitrogens with zero attached hydrogens (tertiary/aromatic N) is 4. The van der Waals surface area contributed by atoms with Crippen LogP contribution in [0.3, 0.4) is 0 Å². The van der Waals surface area contributed by atoms with E-state index < -0.39 is 0 Å². The third-order valence-corrected chi connectivity index (χ3v) is 4.02. The van der Waals surface area contributed by atoms with Crippen molar-refractivity contribution < 1.29 is 9.53 Å². The Hall–Kier alpha value is -2.63. The third kappa shape index (κ3) is 3.41. The van der Waals surface area contributed by atoms with Crippen molar-refractivity contribution in [3.05, 3.63) is 47.5 Å². The summed E-state index contributed by atoms with van der Waals surface area (Å²) >= 11 is 0. The Balaban J connectivity index is 1.61. The smallest absolute Gasteiger partial charge is 0.253 e. The Morgan fingerprint density at radius 2 is 1.70 bits per heavy atom. The quantitative estimate of drug-likeness (QED) is 0.864. The van der Waals surface area contributed by atoms with E-state index >= 15 is 0 Å². The topological polar surface area (TPSA) is 58.6 Å². The van der Waals surface area contributed by atoms with Crippen LogP contribution >= 0.6 is 0 Å². The lowest BCUT2D eigenvalue weighted by atomic mass is 10.1. The van der Waals surface area contributed by atoms with Gasteiger partial charge in [-0.05, 0) is 25.1 Å². The first-order valence-electron chi connectivity index (χ1n) is 7.66. The van der Waals surface area contributed by atoms with Crippen molar-refractivity contribution in [2.45, 2.75) is 6.92 Å². The summed E-state index contributed by atoms with van der Waals surface area (Å²) in [5, 5.41) is 8.15. The lowest BCUT2D eigenvalue weighted by molar-refractivity contribution is 0.0746. The summed E-state index contributed by atoms with van der Waals surface area (Å²) in [6.45, 7) is 4.88. The molecule has 3 rings (SSSR count). The molecule has 23 heavy (non-hydrogen) atoms. The molecule has 2 aromatic rings. The Morgan fingerprint density at radius 3 is 2.26 bits per heavy atom. The van der Waals surface area contributed by atoms with Gasteiger partial charge in [0.25, 0.3) is 5.91 Å². The number of amides is 1. The van der Waals surface area contributed by atoms with Crippen LogP contribution in [0.5, 0.6) is 5.88 Å². The maximum atomic E-state index is 12.5. The molecule has 0 atom stereocenters. The van der Waals surface area contributed by atoms with Crippen molar-refractivity contribution in [3.63, 3.8) is 0 Å². The number of ether oxygens (including phenoxy) is 1. The molecule has 6 nitrogen and oxygen atoms in total. The van der Waals surface area contributed by atoms with Gasteiger partial charge in [-0.1, -0.05) is 17.7 Å². The van der Waals surface area contributed by atoms with E-state index in [4.69, 9.17) is 4.74 Å². The number of piperazine rings is 1. The number of benzene rings is 1. The Kier molecular flexibility index (Phi) is 4.41. The minimum absolute atomic E-state index is 0.0884. The lowest BCUT2D eigenvalue weighted by Gasteiger charge is -2.35. The molecule has 1 aliphatic rings. The summed E-state index contributed by atoms with van der Waals surface area (Å²) in [4.78, 5) is 16.5. The predicted octanol–water partition coefficient (Wildman–Crippen LogP) is 1.76. The molecule has 1 aromatic heterocycles. The fourth-order valence-electron chi connectivity index (χ4n) is 2.61. The second kappa shape index (κ2) is 6.64. The predicted molar refractivity (Wildman–Crippen MR) is 87.9 cm³/mol. The summed E-state index contributed by atoms with van der Waals surface area (Å²) < 4.78 is 5.02. The molecule has 0 saturated carbocycles. The van der Waals surface area contributed by atoms with E-state index in [0.717, 1.165) is 30.0 Å². The summed E-state index contributed by atoms with van der Waals surface area (Å²) in [5.41, 5.74) is 1.90. The maximum absolute atomic E-state index is 12.5. The van der Waals surface area contributed by atoms with Crippen LogP contribution in [0.25, 0.3) is 0 Å². The van der Waals surface area contributed by atoms with Gasteiger partial charge in [0.2, 0.25) is 5.88 Å². The molecule has 6 heteroatoms. The van der Waals surface area contributed by atoms with Crippen molar-refractivity contribution >= 4 is 11.7 Å². The average Bonchev–Trinajstić information content (AvgIpc) is 2.62. The summed E-state index contributed by atoms with van der Waals surface area (Å²) in [7, 11) is 1.57. The highest BCUT2D eigenvalue weighted by atomic mass is 16.5. The first-order chi connectivity index (χ1) is 11.2. The van der Waals surface area contributed by atoms with Crippen LogP contribution in [0.4, 0.5) is 5.82 Å². The molecule has 0 aliphatic carbocycles. The minimum atomic E-state index is 0.0884. The molecule has 0 spiro atoms. The van der Waals surface area contributed by atoms with Crippen LogP contribution in [-0.2, 0) is 0 Å². The van der Waals surface area contributed by atoms with Crippen molar-refractivity contribution in [2.24, 2.45) is 0 Å². The molecule has 1 amide bonds. The van der Waals surface area contributed by atoms with E-state index in [0.29, 0.717) is 19.0 Å². The second-order valence-electron chi connectivity index (χ2n) is 5.58. The third-order valence-electron chi connectivity index (χ3n) is 4.02. The van der Waals surface area contributed by atoms with E-state index in [1.54, 1.807) is 13.2 Å². The molecule has 0 N–H and O–H groups in total. The average molecular weight is 312 g/mol. The van der Waals surface area contributed by atoms with E-state index in [-0.39, 0.29) is 5.91 Å². The first-order valence-corrected chi connectivity index (χ1v) is 7.66. The van der Waals surface area contributed by atoms with Gasteiger partial charge in [-0.15, -0.1) is 10.2 Å². The van der Waals surface area contributed by atoms with Gasteiger partial charge in [0.1, 0.15) is 0 Å². The fourth-order valence-corrected chi connectivity index (χ4v) is 2.61. The Bertz CT molecular complexity index is 662. The van der Waals surface area contributed by atoms with Crippen LogP contribution in [0.2, 0.25) is 0 Å². The number of anilines is 1. The molecule has 1 aliphatic heterocycles. The number of carbonyl (C=O) groups excluding carboxylic acids is 1. The van der Waals surface area contributed by atoms with Gasteiger partial charge in [0.05, 0.1) is 7.11 Å². The molecule has 1 saturated heterocycles.